The van der Waals surface area contributed by atoms with Crippen molar-refractivity contribution in [1.82, 2.24) is 10.2 Å². The van der Waals surface area contributed by atoms with Crippen molar-refractivity contribution in [3.05, 3.63) is 28.7 Å². The Morgan fingerprint density at radius 3 is 2.74 bits per heavy atom. The molecular weight excluding hydrogens is 306 g/mol. The molecule has 1 aliphatic rings. The third kappa shape index (κ3) is 4.60. The second-order valence-corrected chi connectivity index (χ2v) is 6.14. The van der Waals surface area contributed by atoms with Crippen molar-refractivity contribution in [2.24, 2.45) is 0 Å². The van der Waals surface area contributed by atoms with Gasteiger partial charge in [-0.05, 0) is 32.0 Å². The fraction of sp³-hybridized carbons (Fsp3) is 0.500. The number of anilines is 1. The summed E-state index contributed by atoms with van der Waals surface area (Å²) in [6.07, 6.45) is 0. The smallest absolute Gasteiger partial charge is 0.238 e. The molecule has 2 atom stereocenters. The Balaban J connectivity index is 1.87. The van der Waals surface area contributed by atoms with Gasteiger partial charge in [0, 0.05) is 35.3 Å². The van der Waals surface area contributed by atoms with Crippen LogP contribution >= 0.6 is 15.9 Å². The SMILES string of the molecule is CC1CN(CC(=O)Nc2cccc(Br)c2)CC(C)N1. The highest BCUT2D eigenvalue weighted by Gasteiger charge is 2.22. The van der Waals surface area contributed by atoms with Crippen molar-refractivity contribution < 1.29 is 4.79 Å². The fourth-order valence-corrected chi connectivity index (χ4v) is 2.94. The maximum atomic E-state index is 12.0. The van der Waals surface area contributed by atoms with E-state index in [0.717, 1.165) is 23.2 Å². The van der Waals surface area contributed by atoms with Crippen molar-refractivity contribution in [2.45, 2.75) is 25.9 Å². The molecule has 0 aromatic heterocycles. The van der Waals surface area contributed by atoms with E-state index >= 15 is 0 Å². The average Bonchev–Trinajstić information content (AvgIpc) is 2.26. The minimum atomic E-state index is 0.0411. The number of halogens is 1. The van der Waals surface area contributed by atoms with E-state index in [1.807, 2.05) is 24.3 Å². The third-order valence-electron chi connectivity index (χ3n) is 3.11. The summed E-state index contributed by atoms with van der Waals surface area (Å²) in [5, 5.41) is 6.39. The summed E-state index contributed by atoms with van der Waals surface area (Å²) in [4.78, 5) is 14.2. The molecule has 19 heavy (non-hydrogen) atoms. The lowest BCUT2D eigenvalue weighted by molar-refractivity contribution is -0.117. The molecule has 1 aromatic rings. The molecule has 4 nitrogen and oxygen atoms in total. The summed E-state index contributed by atoms with van der Waals surface area (Å²) in [5.41, 5.74) is 0.829. The Labute approximate surface area is 122 Å². The van der Waals surface area contributed by atoms with Crippen LogP contribution < -0.4 is 10.6 Å². The van der Waals surface area contributed by atoms with Gasteiger partial charge in [-0.15, -0.1) is 0 Å². The number of carbonyl (C=O) groups is 1. The van der Waals surface area contributed by atoms with Crippen LogP contribution in [-0.2, 0) is 4.79 Å². The molecule has 0 bridgehead atoms. The molecule has 1 heterocycles. The topological polar surface area (TPSA) is 44.4 Å². The molecular formula is C14H20BrN3O. The fourth-order valence-electron chi connectivity index (χ4n) is 2.54. The average molecular weight is 326 g/mol. The number of nitrogens with zero attached hydrogens (tertiary/aromatic N) is 1. The van der Waals surface area contributed by atoms with E-state index in [9.17, 15) is 4.79 Å². The number of carbonyl (C=O) groups excluding carboxylic acids is 1. The third-order valence-corrected chi connectivity index (χ3v) is 3.60. The van der Waals surface area contributed by atoms with Gasteiger partial charge in [-0.1, -0.05) is 22.0 Å². The molecule has 0 saturated carbocycles. The van der Waals surface area contributed by atoms with E-state index in [0.29, 0.717) is 18.6 Å². The first-order valence-corrected chi connectivity index (χ1v) is 7.36. The van der Waals surface area contributed by atoms with Crippen LogP contribution in [0.3, 0.4) is 0 Å². The van der Waals surface area contributed by atoms with E-state index in [-0.39, 0.29) is 5.91 Å². The Bertz CT molecular complexity index is 442. The standard InChI is InChI=1S/C14H20BrN3O/c1-10-7-18(8-11(2)16-10)9-14(19)17-13-5-3-4-12(15)6-13/h3-6,10-11,16H,7-9H2,1-2H3,(H,17,19). The Morgan fingerprint density at radius 1 is 1.42 bits per heavy atom. The molecule has 1 aliphatic heterocycles. The highest BCUT2D eigenvalue weighted by molar-refractivity contribution is 9.10. The first-order valence-electron chi connectivity index (χ1n) is 6.57. The predicted molar refractivity (Wildman–Crippen MR) is 81.3 cm³/mol. The largest absolute Gasteiger partial charge is 0.325 e. The zero-order valence-electron chi connectivity index (χ0n) is 11.3. The lowest BCUT2D eigenvalue weighted by Gasteiger charge is -2.35. The van der Waals surface area contributed by atoms with Crippen LogP contribution in [0, 0.1) is 0 Å². The van der Waals surface area contributed by atoms with Gasteiger partial charge in [0.2, 0.25) is 5.91 Å². The van der Waals surface area contributed by atoms with E-state index in [1.54, 1.807) is 0 Å². The van der Waals surface area contributed by atoms with Gasteiger partial charge in [0.25, 0.3) is 0 Å². The van der Waals surface area contributed by atoms with Gasteiger partial charge in [-0.2, -0.15) is 0 Å². The molecule has 2 N–H and O–H groups in total. The number of benzene rings is 1. The number of rotatable bonds is 3. The lowest BCUT2D eigenvalue weighted by atomic mass is 10.1. The summed E-state index contributed by atoms with van der Waals surface area (Å²) >= 11 is 3.40. The zero-order valence-corrected chi connectivity index (χ0v) is 12.9. The molecule has 2 rings (SSSR count). The molecule has 0 aliphatic carbocycles. The van der Waals surface area contributed by atoms with Gasteiger partial charge in [0.05, 0.1) is 6.54 Å². The molecule has 0 spiro atoms. The number of hydrogen-bond acceptors (Lipinski definition) is 3. The molecule has 1 fully saturated rings. The first kappa shape index (κ1) is 14.5. The Hall–Kier alpha value is -0.910. The first-order chi connectivity index (χ1) is 9.02. The van der Waals surface area contributed by atoms with E-state index in [1.165, 1.54) is 0 Å². The molecule has 104 valence electrons. The maximum Gasteiger partial charge on any atom is 0.238 e. The zero-order chi connectivity index (χ0) is 13.8. The van der Waals surface area contributed by atoms with Crippen LogP contribution in [-0.4, -0.2) is 42.5 Å². The minimum absolute atomic E-state index is 0.0411. The van der Waals surface area contributed by atoms with Gasteiger partial charge >= 0.3 is 0 Å². The lowest BCUT2D eigenvalue weighted by Crippen LogP contribution is -2.55. The van der Waals surface area contributed by atoms with Crippen molar-refractivity contribution in [1.29, 1.82) is 0 Å². The van der Waals surface area contributed by atoms with Gasteiger partial charge in [-0.25, -0.2) is 0 Å². The number of piperazine rings is 1. The van der Waals surface area contributed by atoms with Crippen LogP contribution in [0.4, 0.5) is 5.69 Å². The van der Waals surface area contributed by atoms with Crippen LogP contribution in [0.25, 0.3) is 0 Å². The van der Waals surface area contributed by atoms with Gasteiger partial charge in [-0.3, -0.25) is 9.69 Å². The van der Waals surface area contributed by atoms with Crippen molar-refractivity contribution in [2.75, 3.05) is 25.0 Å². The molecule has 1 aromatic carbocycles. The van der Waals surface area contributed by atoms with Gasteiger partial charge < -0.3 is 10.6 Å². The van der Waals surface area contributed by atoms with Crippen molar-refractivity contribution in [3.63, 3.8) is 0 Å². The molecule has 2 unspecified atom stereocenters. The van der Waals surface area contributed by atoms with Crippen molar-refractivity contribution >= 4 is 27.5 Å². The number of hydrogen-bond donors (Lipinski definition) is 2. The second kappa shape index (κ2) is 6.50. The molecule has 5 heteroatoms. The maximum absolute atomic E-state index is 12.0. The summed E-state index contributed by atoms with van der Waals surface area (Å²) in [6.45, 7) is 6.57. The summed E-state index contributed by atoms with van der Waals surface area (Å²) < 4.78 is 0.967. The normalized spacial score (nSPS) is 24.2. The number of nitrogens with one attached hydrogen (secondary N) is 2. The van der Waals surface area contributed by atoms with Crippen LogP contribution in [0.2, 0.25) is 0 Å². The highest BCUT2D eigenvalue weighted by atomic mass is 79.9. The molecule has 1 saturated heterocycles. The van der Waals surface area contributed by atoms with Crippen LogP contribution in [0.1, 0.15) is 13.8 Å². The summed E-state index contributed by atoms with van der Waals surface area (Å²) in [5.74, 6) is 0.0411. The monoisotopic (exact) mass is 325 g/mol. The second-order valence-electron chi connectivity index (χ2n) is 5.22. The molecule has 0 radical (unpaired) electrons. The van der Waals surface area contributed by atoms with Gasteiger partial charge in [0.1, 0.15) is 0 Å². The number of amides is 1. The summed E-state index contributed by atoms with van der Waals surface area (Å²) in [7, 11) is 0. The van der Waals surface area contributed by atoms with E-state index in [4.69, 9.17) is 0 Å². The Morgan fingerprint density at radius 2 is 2.11 bits per heavy atom. The van der Waals surface area contributed by atoms with Gasteiger partial charge in [0.15, 0.2) is 0 Å². The van der Waals surface area contributed by atoms with Crippen LogP contribution in [0.5, 0.6) is 0 Å². The molecule has 1 amide bonds. The van der Waals surface area contributed by atoms with Crippen molar-refractivity contribution in [3.8, 4) is 0 Å². The van der Waals surface area contributed by atoms with Crippen LogP contribution in [0.15, 0.2) is 28.7 Å². The summed E-state index contributed by atoms with van der Waals surface area (Å²) in [6, 6.07) is 8.51. The Kier molecular flexibility index (Phi) is 4.96. The quantitative estimate of drug-likeness (QED) is 0.894. The predicted octanol–water partition coefficient (Wildman–Crippen LogP) is 2.07. The van der Waals surface area contributed by atoms with E-state index < -0.39 is 0 Å². The van der Waals surface area contributed by atoms with E-state index in [2.05, 4.69) is 45.3 Å². The highest BCUT2D eigenvalue weighted by Crippen LogP contribution is 2.15. The minimum Gasteiger partial charge on any atom is -0.325 e.